The summed E-state index contributed by atoms with van der Waals surface area (Å²) in [6, 6.07) is 5.14. The van der Waals surface area contributed by atoms with Crippen molar-refractivity contribution in [3.63, 3.8) is 0 Å². The molecule has 4 rings (SSSR count). The number of aliphatic imine (C=N–C) groups is 1. The van der Waals surface area contributed by atoms with Crippen molar-refractivity contribution in [1.29, 1.82) is 0 Å². The third kappa shape index (κ3) is 3.08. The number of imidazole rings is 1. The highest BCUT2D eigenvalue weighted by Gasteiger charge is 2.40. The molecular weight excluding hydrogens is 399 g/mol. The number of hydrogen-bond acceptors (Lipinski definition) is 6. The summed E-state index contributed by atoms with van der Waals surface area (Å²) in [6.07, 6.45) is 6.76. The largest absolute Gasteiger partial charge is 0.369 e. The first-order valence-electron chi connectivity index (χ1n) is 8.38. The average Bonchev–Trinajstić information content (AvgIpc) is 3.29. The van der Waals surface area contributed by atoms with Crippen molar-refractivity contribution in [2.75, 3.05) is 12.8 Å². The minimum atomic E-state index is -2.68. The molecule has 1 aliphatic heterocycles. The van der Waals surface area contributed by atoms with E-state index in [2.05, 4.69) is 20.8 Å². The highest BCUT2D eigenvalue weighted by Crippen LogP contribution is 2.41. The molecule has 3 aromatic rings. The van der Waals surface area contributed by atoms with Gasteiger partial charge in [-0.1, -0.05) is 0 Å². The van der Waals surface area contributed by atoms with Crippen molar-refractivity contribution in [3.05, 3.63) is 53.8 Å². The van der Waals surface area contributed by atoms with Gasteiger partial charge in [-0.25, -0.2) is 23.6 Å². The van der Waals surface area contributed by atoms with Crippen LogP contribution in [0.4, 0.5) is 4.39 Å². The van der Waals surface area contributed by atoms with Gasteiger partial charge in [-0.3, -0.25) is 8.87 Å². The first-order valence-corrected chi connectivity index (χ1v) is 11.1. The number of nitrogens with two attached hydrogens (primary N) is 1. The third-order valence-corrected chi connectivity index (χ3v) is 8.28. The summed E-state index contributed by atoms with van der Waals surface area (Å²) in [7, 11) is -1.10. The fraction of sp³-hybridized carbons (Fsp3) is 0.222. The van der Waals surface area contributed by atoms with Crippen molar-refractivity contribution >= 4 is 32.9 Å². The van der Waals surface area contributed by atoms with E-state index < -0.39 is 21.1 Å². The van der Waals surface area contributed by atoms with E-state index in [1.807, 2.05) is 12.1 Å². The van der Waals surface area contributed by atoms with Crippen LogP contribution in [0.3, 0.4) is 0 Å². The Morgan fingerprint density at radius 3 is 2.86 bits per heavy atom. The van der Waals surface area contributed by atoms with Gasteiger partial charge in [0.05, 0.1) is 20.3 Å². The number of rotatable bonds is 3. The zero-order chi connectivity index (χ0) is 20.1. The Bertz CT molecular complexity index is 1170. The van der Waals surface area contributed by atoms with E-state index in [0.29, 0.717) is 10.7 Å². The maximum atomic E-state index is 14.9. The molecule has 0 saturated heterocycles. The molecule has 2 N–H and O–H groups in total. The lowest BCUT2D eigenvalue weighted by Gasteiger charge is -2.36. The topological polar surface area (TPSA) is 89.4 Å². The van der Waals surface area contributed by atoms with Crippen LogP contribution in [0.1, 0.15) is 11.8 Å². The smallest absolute Gasteiger partial charge is 0.203 e. The Kier molecular flexibility index (Phi) is 4.27. The van der Waals surface area contributed by atoms with Crippen molar-refractivity contribution in [2.45, 2.75) is 12.5 Å². The Morgan fingerprint density at radius 2 is 2.18 bits per heavy atom. The molecule has 0 bridgehead atoms. The number of pyridine rings is 1. The molecule has 2 atom stereocenters. The van der Waals surface area contributed by atoms with Crippen molar-refractivity contribution in [2.24, 2.45) is 10.7 Å². The van der Waals surface area contributed by atoms with Crippen LogP contribution in [0.5, 0.6) is 0 Å². The van der Waals surface area contributed by atoms with Crippen LogP contribution in [0.25, 0.3) is 16.3 Å². The van der Waals surface area contributed by atoms with Crippen LogP contribution in [0.2, 0.25) is 0 Å². The van der Waals surface area contributed by atoms with Crippen molar-refractivity contribution in [3.8, 4) is 16.3 Å². The van der Waals surface area contributed by atoms with E-state index in [4.69, 9.17) is 5.73 Å². The number of halogens is 1. The molecule has 10 heteroatoms. The molecule has 0 spiro atoms. The van der Waals surface area contributed by atoms with Crippen LogP contribution in [0, 0.1) is 5.82 Å². The van der Waals surface area contributed by atoms with Crippen LogP contribution >= 0.6 is 11.3 Å². The molecule has 1 unspecified atom stereocenters. The van der Waals surface area contributed by atoms with Gasteiger partial charge in [-0.2, -0.15) is 0 Å². The number of thiophene rings is 1. The zero-order valence-corrected chi connectivity index (χ0v) is 17.0. The fourth-order valence-electron chi connectivity index (χ4n) is 3.16. The van der Waals surface area contributed by atoms with Gasteiger partial charge >= 0.3 is 0 Å². The van der Waals surface area contributed by atoms with Crippen molar-refractivity contribution in [1.82, 2.24) is 18.8 Å². The second kappa shape index (κ2) is 6.42. The normalized spacial score (nSPS) is 25.0. The maximum absolute atomic E-state index is 14.9. The summed E-state index contributed by atoms with van der Waals surface area (Å²) in [5.74, 6) is 4.23. The summed E-state index contributed by atoms with van der Waals surface area (Å²) in [5, 5.41) is 0. The SMILES string of the molecule is C=S1(=O)C[C@@](C)(c2sc(-c3ccnc(-n4ccnc4)c3)cc2F)N=C(N)N1C. The van der Waals surface area contributed by atoms with E-state index in [9.17, 15) is 8.60 Å². The lowest BCUT2D eigenvalue weighted by atomic mass is 10.0. The predicted molar refractivity (Wildman–Crippen MR) is 111 cm³/mol. The average molecular weight is 419 g/mol. The van der Waals surface area contributed by atoms with Crippen LogP contribution in [-0.2, 0) is 15.2 Å². The lowest BCUT2D eigenvalue weighted by molar-refractivity contribution is 0.493. The fourth-order valence-corrected chi connectivity index (χ4v) is 6.04. The van der Waals surface area contributed by atoms with E-state index in [0.717, 1.165) is 10.4 Å². The highest BCUT2D eigenvalue weighted by atomic mass is 32.2. The molecule has 0 amide bonds. The van der Waals surface area contributed by atoms with Crippen molar-refractivity contribution < 1.29 is 8.60 Å². The van der Waals surface area contributed by atoms with Gasteiger partial charge in [0, 0.05) is 30.5 Å². The van der Waals surface area contributed by atoms with E-state index in [-0.39, 0.29) is 11.7 Å². The molecule has 0 aliphatic carbocycles. The first-order chi connectivity index (χ1) is 13.2. The second-order valence-electron chi connectivity index (χ2n) is 6.82. The standard InChI is InChI=1S/C18H19FN6OS2/c1-18(10-28(3,26)24(2)17(20)23-18)16-13(19)9-14(27-16)12-4-5-22-15(8-12)25-7-6-21-11-25/h4-9,11H,3,10H2,1-2H3,(H2,20,23)/t18-,28?/m0/s1. The van der Waals surface area contributed by atoms with Gasteiger partial charge in [0.15, 0.2) is 0 Å². The molecule has 7 nitrogen and oxygen atoms in total. The quantitative estimate of drug-likeness (QED) is 0.661. The molecule has 146 valence electrons. The maximum Gasteiger partial charge on any atom is 0.203 e. The molecule has 0 fully saturated rings. The van der Waals surface area contributed by atoms with E-state index in [1.165, 1.54) is 21.7 Å². The Hall–Kier alpha value is -2.72. The first kappa shape index (κ1) is 18.6. The van der Waals surface area contributed by atoms with E-state index >= 15 is 0 Å². The highest BCUT2D eigenvalue weighted by molar-refractivity contribution is 7.98. The Labute approximate surface area is 166 Å². The Balaban J connectivity index is 1.77. The summed E-state index contributed by atoms with van der Waals surface area (Å²) < 4.78 is 30.9. The van der Waals surface area contributed by atoms with Gasteiger partial charge in [0.2, 0.25) is 5.96 Å². The molecule has 4 heterocycles. The van der Waals surface area contributed by atoms with Gasteiger partial charge in [-0.05, 0) is 36.6 Å². The molecule has 1 aliphatic rings. The molecule has 28 heavy (non-hydrogen) atoms. The lowest BCUT2D eigenvalue weighted by Crippen LogP contribution is -2.50. The summed E-state index contributed by atoms with van der Waals surface area (Å²) >= 11 is 1.27. The number of guanidine groups is 1. The van der Waals surface area contributed by atoms with Gasteiger partial charge in [-0.15, -0.1) is 11.3 Å². The minimum Gasteiger partial charge on any atom is -0.369 e. The number of aromatic nitrogens is 3. The minimum absolute atomic E-state index is 0.0880. The number of nitrogens with zero attached hydrogens (tertiary/aromatic N) is 5. The molecule has 0 radical (unpaired) electrons. The van der Waals surface area contributed by atoms with Crippen LogP contribution < -0.4 is 5.73 Å². The van der Waals surface area contributed by atoms with Gasteiger partial charge < -0.3 is 5.73 Å². The molecule has 0 saturated carbocycles. The third-order valence-electron chi connectivity index (χ3n) is 4.66. The molecule has 0 aromatic carbocycles. The monoisotopic (exact) mass is 418 g/mol. The second-order valence-corrected chi connectivity index (χ2v) is 10.3. The Morgan fingerprint density at radius 1 is 1.39 bits per heavy atom. The summed E-state index contributed by atoms with van der Waals surface area (Å²) in [5.41, 5.74) is 5.71. The van der Waals surface area contributed by atoms with Crippen LogP contribution in [0.15, 0.2) is 48.1 Å². The van der Waals surface area contributed by atoms with E-state index in [1.54, 1.807) is 43.5 Å². The number of hydrogen-bond donors (Lipinski definition) is 1. The molecular formula is C18H19FN6OS2. The van der Waals surface area contributed by atoms with Crippen LogP contribution in [-0.4, -0.2) is 47.7 Å². The predicted octanol–water partition coefficient (Wildman–Crippen LogP) is 2.24. The summed E-state index contributed by atoms with van der Waals surface area (Å²) in [6.45, 7) is 1.74. The molecule has 3 aromatic heterocycles. The van der Waals surface area contributed by atoms with Gasteiger partial charge in [0.25, 0.3) is 0 Å². The van der Waals surface area contributed by atoms with Gasteiger partial charge in [0.1, 0.15) is 23.5 Å². The summed E-state index contributed by atoms with van der Waals surface area (Å²) in [4.78, 5) is 13.9. The zero-order valence-electron chi connectivity index (χ0n) is 15.4.